The number of rotatable bonds is 5. The third-order valence-corrected chi connectivity index (χ3v) is 3.76. The fourth-order valence-electron chi connectivity index (χ4n) is 2.54. The minimum absolute atomic E-state index is 0.0987. The lowest BCUT2D eigenvalue weighted by atomic mass is 10.2. The number of nitrogens with zero attached hydrogens (tertiary/aromatic N) is 1. The van der Waals surface area contributed by atoms with Crippen molar-refractivity contribution in [3.63, 3.8) is 0 Å². The van der Waals surface area contributed by atoms with Crippen LogP contribution in [0.2, 0.25) is 0 Å². The predicted octanol–water partition coefficient (Wildman–Crippen LogP) is 2.04. The van der Waals surface area contributed by atoms with Crippen LogP contribution < -0.4 is 15.2 Å². The van der Waals surface area contributed by atoms with E-state index in [0.717, 1.165) is 5.75 Å². The molecular formula is C17H20N2O4. The molecular weight excluding hydrogens is 296 g/mol. The number of ether oxygens (including phenoxy) is 2. The third-order valence-electron chi connectivity index (χ3n) is 3.76. The Morgan fingerprint density at radius 1 is 1.35 bits per heavy atom. The van der Waals surface area contributed by atoms with Crippen LogP contribution in [0.25, 0.3) is 0 Å². The van der Waals surface area contributed by atoms with Crippen LogP contribution in [0.5, 0.6) is 11.5 Å². The van der Waals surface area contributed by atoms with Gasteiger partial charge in [-0.3, -0.25) is 4.79 Å². The van der Waals surface area contributed by atoms with Crippen molar-refractivity contribution in [2.45, 2.75) is 19.6 Å². The summed E-state index contributed by atoms with van der Waals surface area (Å²) in [6.45, 7) is 3.64. The van der Waals surface area contributed by atoms with Gasteiger partial charge < -0.3 is 24.5 Å². The molecule has 1 aromatic carbocycles. The number of fused-ring (bicyclic) bond motifs is 1. The second kappa shape index (κ2) is 6.75. The van der Waals surface area contributed by atoms with Gasteiger partial charge in [-0.25, -0.2) is 0 Å². The van der Waals surface area contributed by atoms with E-state index in [-0.39, 0.29) is 18.6 Å². The Hall–Kier alpha value is -2.47. The first-order valence-electron chi connectivity index (χ1n) is 7.66. The molecule has 1 atom stereocenters. The van der Waals surface area contributed by atoms with Gasteiger partial charge in [0.15, 0.2) is 17.6 Å². The maximum atomic E-state index is 12.6. The van der Waals surface area contributed by atoms with Gasteiger partial charge in [0.2, 0.25) is 0 Å². The lowest BCUT2D eigenvalue weighted by Gasteiger charge is -2.30. The van der Waals surface area contributed by atoms with Gasteiger partial charge in [-0.05, 0) is 25.1 Å². The van der Waals surface area contributed by atoms with Gasteiger partial charge in [0.25, 0.3) is 5.91 Å². The Kier molecular flexibility index (Phi) is 4.52. The van der Waals surface area contributed by atoms with Crippen molar-refractivity contribution in [1.82, 2.24) is 4.90 Å². The number of carbonyl (C=O) groups is 1. The van der Waals surface area contributed by atoms with Crippen LogP contribution in [0.4, 0.5) is 0 Å². The lowest BCUT2D eigenvalue weighted by Crippen LogP contribution is -2.43. The van der Waals surface area contributed by atoms with E-state index in [4.69, 9.17) is 19.6 Å². The van der Waals surface area contributed by atoms with Crippen LogP contribution >= 0.6 is 0 Å². The Balaban J connectivity index is 1.67. The van der Waals surface area contributed by atoms with Crippen LogP contribution in [0, 0.1) is 0 Å². The lowest BCUT2D eigenvalue weighted by molar-refractivity contribution is 0.0474. The summed E-state index contributed by atoms with van der Waals surface area (Å²) in [7, 11) is 0. The Bertz CT molecular complexity index is 683. The molecule has 0 saturated heterocycles. The maximum absolute atomic E-state index is 12.6. The van der Waals surface area contributed by atoms with E-state index < -0.39 is 0 Å². The summed E-state index contributed by atoms with van der Waals surface area (Å²) in [5, 5.41) is 0. The van der Waals surface area contributed by atoms with Gasteiger partial charge in [0.05, 0.1) is 18.7 Å². The highest BCUT2D eigenvalue weighted by molar-refractivity contribution is 5.94. The molecule has 1 aromatic heterocycles. The molecule has 23 heavy (non-hydrogen) atoms. The summed E-state index contributed by atoms with van der Waals surface area (Å²) in [6, 6.07) is 9.21. The normalized spacial score (nSPS) is 16.2. The van der Waals surface area contributed by atoms with Crippen molar-refractivity contribution in [3.8, 4) is 11.5 Å². The number of para-hydroxylation sites is 2. The molecule has 1 aliphatic heterocycles. The maximum Gasteiger partial charge on any atom is 0.257 e. The second-order valence-electron chi connectivity index (χ2n) is 5.35. The van der Waals surface area contributed by atoms with E-state index in [9.17, 15) is 4.79 Å². The number of carbonyl (C=O) groups excluding carboxylic acids is 1. The zero-order valence-corrected chi connectivity index (χ0v) is 13.0. The van der Waals surface area contributed by atoms with Gasteiger partial charge in [-0.15, -0.1) is 0 Å². The fraction of sp³-hybridized carbons (Fsp3) is 0.353. The highest BCUT2D eigenvalue weighted by Crippen LogP contribution is 2.31. The summed E-state index contributed by atoms with van der Waals surface area (Å²) >= 11 is 0. The highest BCUT2D eigenvalue weighted by atomic mass is 16.6. The SMILES string of the molecule is CCN(CC1COc2ccccc2O1)C(=O)c1coc(CN)c1. The number of likely N-dealkylation sites (N-methyl/N-ethyl adjacent to an activating group) is 1. The zero-order valence-electron chi connectivity index (χ0n) is 13.0. The molecule has 0 bridgehead atoms. The first-order chi connectivity index (χ1) is 11.2. The largest absolute Gasteiger partial charge is 0.486 e. The minimum Gasteiger partial charge on any atom is -0.486 e. The number of nitrogens with two attached hydrogens (primary N) is 1. The van der Waals surface area contributed by atoms with Crippen molar-refractivity contribution in [2.75, 3.05) is 19.7 Å². The molecule has 6 heteroatoms. The summed E-state index contributed by atoms with van der Waals surface area (Å²) in [4.78, 5) is 14.3. The molecule has 1 unspecified atom stereocenters. The van der Waals surface area contributed by atoms with E-state index in [0.29, 0.717) is 36.8 Å². The molecule has 2 heterocycles. The Morgan fingerprint density at radius 2 is 2.13 bits per heavy atom. The molecule has 2 N–H and O–H groups in total. The summed E-state index contributed by atoms with van der Waals surface area (Å²) < 4.78 is 16.8. The molecule has 3 rings (SSSR count). The van der Waals surface area contributed by atoms with Gasteiger partial charge in [0.1, 0.15) is 18.6 Å². The predicted molar refractivity (Wildman–Crippen MR) is 84.5 cm³/mol. The monoisotopic (exact) mass is 316 g/mol. The van der Waals surface area contributed by atoms with Crippen molar-refractivity contribution in [2.24, 2.45) is 5.73 Å². The summed E-state index contributed by atoms with van der Waals surface area (Å²) in [5.74, 6) is 1.94. The minimum atomic E-state index is -0.199. The standard InChI is InChI=1S/C17H20N2O4/c1-2-19(17(20)12-7-13(8-18)21-10-12)9-14-11-22-15-5-3-4-6-16(15)23-14/h3-7,10,14H,2,8-9,11,18H2,1H3. The van der Waals surface area contributed by atoms with E-state index in [1.807, 2.05) is 31.2 Å². The molecule has 0 saturated carbocycles. The quantitative estimate of drug-likeness (QED) is 0.913. The number of hydrogen-bond acceptors (Lipinski definition) is 5. The van der Waals surface area contributed by atoms with Crippen LogP contribution in [0.15, 0.2) is 41.0 Å². The first kappa shape index (κ1) is 15.4. The number of hydrogen-bond donors (Lipinski definition) is 1. The molecule has 0 spiro atoms. The van der Waals surface area contributed by atoms with Crippen LogP contribution in [-0.4, -0.2) is 36.6 Å². The van der Waals surface area contributed by atoms with Gasteiger partial charge in [-0.2, -0.15) is 0 Å². The van der Waals surface area contributed by atoms with Crippen LogP contribution in [0.1, 0.15) is 23.0 Å². The molecule has 2 aromatic rings. The molecule has 0 fully saturated rings. The average Bonchev–Trinajstić information content (AvgIpc) is 3.08. The first-order valence-corrected chi connectivity index (χ1v) is 7.66. The number of benzene rings is 1. The van der Waals surface area contributed by atoms with Crippen molar-refractivity contribution >= 4 is 5.91 Å². The van der Waals surface area contributed by atoms with Crippen molar-refractivity contribution in [3.05, 3.63) is 47.9 Å². The molecule has 122 valence electrons. The Morgan fingerprint density at radius 3 is 2.83 bits per heavy atom. The Labute approximate surface area is 134 Å². The van der Waals surface area contributed by atoms with Gasteiger partial charge in [-0.1, -0.05) is 12.1 Å². The van der Waals surface area contributed by atoms with Crippen molar-refractivity contribution in [1.29, 1.82) is 0 Å². The molecule has 1 amide bonds. The van der Waals surface area contributed by atoms with Crippen LogP contribution in [-0.2, 0) is 6.54 Å². The van der Waals surface area contributed by atoms with E-state index in [1.54, 1.807) is 11.0 Å². The topological polar surface area (TPSA) is 77.9 Å². The second-order valence-corrected chi connectivity index (χ2v) is 5.35. The van der Waals surface area contributed by atoms with E-state index in [2.05, 4.69) is 0 Å². The smallest absolute Gasteiger partial charge is 0.257 e. The third kappa shape index (κ3) is 3.32. The molecule has 6 nitrogen and oxygen atoms in total. The van der Waals surface area contributed by atoms with E-state index in [1.165, 1.54) is 6.26 Å². The van der Waals surface area contributed by atoms with Gasteiger partial charge in [0, 0.05) is 6.54 Å². The summed E-state index contributed by atoms with van der Waals surface area (Å²) in [6.07, 6.45) is 1.25. The van der Waals surface area contributed by atoms with E-state index >= 15 is 0 Å². The molecule has 0 aliphatic carbocycles. The van der Waals surface area contributed by atoms with Gasteiger partial charge >= 0.3 is 0 Å². The number of furan rings is 1. The fourth-order valence-corrected chi connectivity index (χ4v) is 2.54. The summed E-state index contributed by atoms with van der Waals surface area (Å²) in [5.41, 5.74) is 6.02. The van der Waals surface area contributed by atoms with Crippen molar-refractivity contribution < 1.29 is 18.7 Å². The highest BCUT2D eigenvalue weighted by Gasteiger charge is 2.25. The zero-order chi connectivity index (χ0) is 16.2. The van der Waals surface area contributed by atoms with Crippen LogP contribution in [0.3, 0.4) is 0 Å². The number of amides is 1. The molecule has 0 radical (unpaired) electrons. The average molecular weight is 316 g/mol. The molecule has 1 aliphatic rings.